The highest BCUT2D eigenvalue weighted by molar-refractivity contribution is 5.88. The molecule has 1 amide bonds. The van der Waals surface area contributed by atoms with Crippen LogP contribution in [0.1, 0.15) is 31.4 Å². The third-order valence-corrected chi connectivity index (χ3v) is 5.29. The van der Waals surface area contributed by atoms with Gasteiger partial charge in [-0.15, -0.1) is 0 Å². The molecule has 158 valence electrons. The maximum atomic E-state index is 12.5. The van der Waals surface area contributed by atoms with E-state index in [0.717, 1.165) is 55.8 Å². The van der Waals surface area contributed by atoms with Crippen LogP contribution in [0.4, 0.5) is 0 Å². The summed E-state index contributed by atoms with van der Waals surface area (Å²) in [5.41, 5.74) is 1.88. The standard InChI is InChI=1S/C22H30N2O5/c1-4-17-14-20(25)29-19-13-15(2)12-18(21(17)19)28-16(3)22(26)23-6-5-7-24-8-10-27-11-9-24/h12-14,16H,4-11H2,1-3H3,(H,23,26)/p+1/t16-/m1/s1. The quantitative estimate of drug-likeness (QED) is 0.505. The van der Waals surface area contributed by atoms with E-state index in [1.165, 1.54) is 11.0 Å². The minimum Gasteiger partial charge on any atom is -0.480 e. The third-order valence-electron chi connectivity index (χ3n) is 5.29. The molecule has 2 aromatic rings. The van der Waals surface area contributed by atoms with E-state index >= 15 is 0 Å². The molecule has 1 aliphatic heterocycles. The minimum atomic E-state index is -0.646. The van der Waals surface area contributed by atoms with E-state index in [1.54, 1.807) is 6.92 Å². The number of aryl methyl sites for hydroxylation is 2. The summed E-state index contributed by atoms with van der Waals surface area (Å²) in [5, 5.41) is 3.72. The van der Waals surface area contributed by atoms with Crippen LogP contribution in [0.5, 0.6) is 5.75 Å². The van der Waals surface area contributed by atoms with Gasteiger partial charge in [-0.25, -0.2) is 4.79 Å². The molecule has 0 radical (unpaired) electrons. The van der Waals surface area contributed by atoms with E-state index in [9.17, 15) is 9.59 Å². The Hall–Kier alpha value is -2.38. The normalized spacial score (nSPS) is 16.0. The number of hydrogen-bond acceptors (Lipinski definition) is 5. The lowest BCUT2D eigenvalue weighted by Gasteiger charge is -2.23. The van der Waals surface area contributed by atoms with Gasteiger partial charge in [0.05, 0.1) is 25.1 Å². The van der Waals surface area contributed by atoms with E-state index in [0.29, 0.717) is 24.3 Å². The zero-order valence-corrected chi connectivity index (χ0v) is 17.5. The van der Waals surface area contributed by atoms with Crippen LogP contribution in [0.3, 0.4) is 0 Å². The molecular weight excluding hydrogens is 372 g/mol. The molecule has 0 unspecified atom stereocenters. The lowest BCUT2D eigenvalue weighted by molar-refractivity contribution is -0.908. The van der Waals surface area contributed by atoms with Gasteiger partial charge in [-0.05, 0) is 43.5 Å². The number of benzene rings is 1. The Balaban J connectivity index is 1.62. The van der Waals surface area contributed by atoms with Crippen LogP contribution in [0, 0.1) is 6.92 Å². The summed E-state index contributed by atoms with van der Waals surface area (Å²) >= 11 is 0. The SMILES string of the molecule is CCc1cc(=O)oc2cc(C)cc(O[C@H](C)C(=O)NCCC[NH+]3CCOCC3)c12. The minimum absolute atomic E-state index is 0.146. The van der Waals surface area contributed by atoms with Crippen LogP contribution in [0.25, 0.3) is 11.0 Å². The molecule has 2 heterocycles. The molecule has 1 saturated heterocycles. The summed E-state index contributed by atoms with van der Waals surface area (Å²) in [6.07, 6.45) is 0.950. The first-order valence-electron chi connectivity index (χ1n) is 10.4. The zero-order valence-electron chi connectivity index (χ0n) is 17.5. The molecule has 7 heteroatoms. The lowest BCUT2D eigenvalue weighted by Crippen LogP contribution is -3.14. The van der Waals surface area contributed by atoms with Gasteiger partial charge >= 0.3 is 5.63 Å². The number of quaternary nitrogens is 1. The Morgan fingerprint density at radius 3 is 2.76 bits per heavy atom. The van der Waals surface area contributed by atoms with Crippen LogP contribution < -0.4 is 20.6 Å². The number of fused-ring (bicyclic) bond motifs is 1. The number of carbonyl (C=O) groups excluding carboxylic acids is 1. The van der Waals surface area contributed by atoms with Gasteiger partial charge in [0.1, 0.15) is 24.4 Å². The average molecular weight is 403 g/mol. The highest BCUT2D eigenvalue weighted by Crippen LogP contribution is 2.30. The number of ether oxygens (including phenoxy) is 2. The number of rotatable bonds is 8. The first-order chi connectivity index (χ1) is 14.0. The Kier molecular flexibility index (Phi) is 7.28. The largest absolute Gasteiger partial charge is 0.480 e. The summed E-state index contributed by atoms with van der Waals surface area (Å²) < 4.78 is 16.7. The molecule has 1 fully saturated rings. The van der Waals surface area contributed by atoms with Crippen LogP contribution in [-0.4, -0.2) is 51.4 Å². The van der Waals surface area contributed by atoms with E-state index in [4.69, 9.17) is 13.9 Å². The number of amides is 1. The fourth-order valence-corrected chi connectivity index (χ4v) is 3.69. The number of hydrogen-bond donors (Lipinski definition) is 2. The van der Waals surface area contributed by atoms with Crippen molar-refractivity contribution in [2.45, 2.75) is 39.7 Å². The van der Waals surface area contributed by atoms with Crippen molar-refractivity contribution in [3.05, 3.63) is 39.7 Å². The molecule has 29 heavy (non-hydrogen) atoms. The average Bonchev–Trinajstić information content (AvgIpc) is 2.70. The Morgan fingerprint density at radius 2 is 2.03 bits per heavy atom. The highest BCUT2D eigenvalue weighted by atomic mass is 16.5. The molecule has 2 N–H and O–H groups in total. The van der Waals surface area contributed by atoms with Gasteiger partial charge in [-0.2, -0.15) is 0 Å². The molecule has 0 aliphatic carbocycles. The summed E-state index contributed by atoms with van der Waals surface area (Å²) in [6, 6.07) is 5.19. The van der Waals surface area contributed by atoms with E-state index in [-0.39, 0.29) is 11.5 Å². The fraction of sp³-hybridized carbons (Fsp3) is 0.545. The van der Waals surface area contributed by atoms with E-state index in [2.05, 4.69) is 5.32 Å². The second-order valence-corrected chi connectivity index (χ2v) is 7.60. The molecule has 0 spiro atoms. The van der Waals surface area contributed by atoms with Crippen LogP contribution in [0.2, 0.25) is 0 Å². The molecule has 0 saturated carbocycles. The third kappa shape index (κ3) is 5.58. The monoisotopic (exact) mass is 403 g/mol. The van der Waals surface area contributed by atoms with Crippen molar-refractivity contribution in [3.63, 3.8) is 0 Å². The maximum absolute atomic E-state index is 12.5. The Labute approximate surface area is 171 Å². The summed E-state index contributed by atoms with van der Waals surface area (Å²) in [4.78, 5) is 25.8. The topological polar surface area (TPSA) is 82.2 Å². The van der Waals surface area contributed by atoms with Gasteiger partial charge in [-0.3, -0.25) is 4.79 Å². The predicted molar refractivity (Wildman–Crippen MR) is 111 cm³/mol. The number of nitrogens with one attached hydrogen (secondary N) is 2. The van der Waals surface area contributed by atoms with Crippen molar-refractivity contribution in [1.29, 1.82) is 0 Å². The van der Waals surface area contributed by atoms with E-state index < -0.39 is 6.10 Å². The smallest absolute Gasteiger partial charge is 0.336 e. The van der Waals surface area contributed by atoms with Crippen molar-refractivity contribution in [2.75, 3.05) is 39.4 Å². The second kappa shape index (κ2) is 9.89. The van der Waals surface area contributed by atoms with Gasteiger partial charge in [0.2, 0.25) is 0 Å². The molecule has 3 rings (SSSR count). The maximum Gasteiger partial charge on any atom is 0.336 e. The van der Waals surface area contributed by atoms with Crippen molar-refractivity contribution in [3.8, 4) is 5.75 Å². The second-order valence-electron chi connectivity index (χ2n) is 7.60. The van der Waals surface area contributed by atoms with Crippen LogP contribution >= 0.6 is 0 Å². The van der Waals surface area contributed by atoms with Gasteiger partial charge in [0.25, 0.3) is 5.91 Å². The van der Waals surface area contributed by atoms with Gasteiger partial charge in [0, 0.05) is 19.0 Å². The van der Waals surface area contributed by atoms with Crippen LogP contribution in [0.15, 0.2) is 27.4 Å². The zero-order chi connectivity index (χ0) is 20.8. The first-order valence-corrected chi connectivity index (χ1v) is 10.4. The Bertz CT molecular complexity index is 902. The summed E-state index contributed by atoms with van der Waals surface area (Å²) in [6.45, 7) is 11.0. The fourth-order valence-electron chi connectivity index (χ4n) is 3.69. The Morgan fingerprint density at radius 1 is 1.28 bits per heavy atom. The molecule has 1 aromatic carbocycles. The van der Waals surface area contributed by atoms with Crippen molar-refractivity contribution in [1.82, 2.24) is 5.32 Å². The summed E-state index contributed by atoms with van der Waals surface area (Å²) in [5.74, 6) is 0.424. The lowest BCUT2D eigenvalue weighted by atomic mass is 10.0. The molecular formula is C22H31N2O5+. The summed E-state index contributed by atoms with van der Waals surface area (Å²) in [7, 11) is 0. The van der Waals surface area contributed by atoms with Gasteiger partial charge in [0.15, 0.2) is 6.10 Å². The first kappa shape index (κ1) is 21.3. The molecule has 0 bridgehead atoms. The molecule has 1 aromatic heterocycles. The van der Waals surface area contributed by atoms with Crippen molar-refractivity contribution in [2.24, 2.45) is 0 Å². The molecule has 1 atom stereocenters. The number of carbonyl (C=O) groups is 1. The van der Waals surface area contributed by atoms with Gasteiger partial charge in [-0.1, -0.05) is 6.92 Å². The number of morpholine rings is 1. The van der Waals surface area contributed by atoms with E-state index in [1.807, 2.05) is 26.0 Å². The highest BCUT2D eigenvalue weighted by Gasteiger charge is 2.19. The molecule has 7 nitrogen and oxygen atoms in total. The van der Waals surface area contributed by atoms with Crippen molar-refractivity contribution < 1.29 is 23.6 Å². The van der Waals surface area contributed by atoms with Crippen molar-refractivity contribution >= 4 is 16.9 Å². The van der Waals surface area contributed by atoms with Gasteiger partial charge < -0.3 is 24.1 Å². The van der Waals surface area contributed by atoms with Crippen LogP contribution in [-0.2, 0) is 16.0 Å². The predicted octanol–water partition coefficient (Wildman–Crippen LogP) is 0.853. The molecule has 1 aliphatic rings.